The van der Waals surface area contributed by atoms with Crippen LogP contribution in [0.15, 0.2) is 96.7 Å². The summed E-state index contributed by atoms with van der Waals surface area (Å²) in [4.78, 5) is 4.44. The number of hydrogen-bond acceptors (Lipinski definition) is 3. The first-order chi connectivity index (χ1) is 15.0. The normalized spacial score (nSPS) is 15.2. The molecular weight excluding hydrogens is 378 g/mol. The lowest BCUT2D eigenvalue weighted by Crippen LogP contribution is -2.17. The lowest BCUT2D eigenvalue weighted by molar-refractivity contribution is 0.821. The van der Waals surface area contributed by atoms with Gasteiger partial charge in [-0.25, -0.2) is 0 Å². The minimum absolute atomic E-state index is 0.0166. The molecule has 0 bridgehead atoms. The average Bonchev–Trinajstić information content (AvgIpc) is 2.82. The van der Waals surface area contributed by atoms with E-state index in [1.54, 1.807) is 0 Å². The molecule has 0 N–H and O–H groups in total. The number of anilines is 4. The fraction of sp³-hybridized carbons (Fsp3) is 0.179. The Morgan fingerprint density at radius 3 is 1.61 bits per heavy atom. The molecule has 31 heavy (non-hydrogen) atoms. The summed E-state index contributed by atoms with van der Waals surface area (Å²) in [5.74, 6) is -0.0166. The van der Waals surface area contributed by atoms with Gasteiger partial charge in [-0.15, -0.1) is 0 Å². The minimum Gasteiger partial charge on any atom is -0.345 e. The van der Waals surface area contributed by atoms with Gasteiger partial charge < -0.3 is 9.80 Å². The third-order valence-corrected chi connectivity index (χ3v) is 5.71. The third-order valence-electron chi connectivity index (χ3n) is 5.71. The summed E-state index contributed by atoms with van der Waals surface area (Å²) in [5.41, 5.74) is 8.11. The van der Waals surface area contributed by atoms with Gasteiger partial charge in [0.15, 0.2) is 0 Å². The average molecular weight is 406 g/mol. The molecule has 1 unspecified atom stereocenters. The van der Waals surface area contributed by atoms with Crippen LogP contribution < -0.4 is 9.80 Å². The molecule has 3 aromatic carbocycles. The van der Waals surface area contributed by atoms with Gasteiger partial charge in [0.1, 0.15) is 0 Å². The molecule has 0 saturated heterocycles. The van der Waals surface area contributed by atoms with E-state index in [-0.39, 0.29) is 5.92 Å². The van der Waals surface area contributed by atoms with E-state index < -0.39 is 0 Å². The fourth-order valence-corrected chi connectivity index (χ4v) is 3.76. The Hall–Kier alpha value is -3.77. The standard InChI is InChI=1S/C28H27N3/c1-21-4-10-26(11-5-21)31(27-12-6-22(2)7-13-27)28-18-16-25(17-19-28)30(3)24-14-8-23(20-29)9-15-24/h4-8,10-19,23H,9H2,1-3H3. The Labute approximate surface area is 185 Å². The number of aryl methyl sites for hydroxylation is 2. The Morgan fingerprint density at radius 1 is 0.742 bits per heavy atom. The number of rotatable bonds is 5. The number of nitrogens with zero attached hydrogens (tertiary/aromatic N) is 3. The van der Waals surface area contributed by atoms with Gasteiger partial charge in [0, 0.05) is 35.5 Å². The highest BCUT2D eigenvalue weighted by Gasteiger charge is 2.15. The maximum Gasteiger partial charge on any atom is 0.0700 e. The van der Waals surface area contributed by atoms with Crippen LogP contribution in [0.5, 0.6) is 0 Å². The van der Waals surface area contributed by atoms with E-state index in [0.29, 0.717) is 0 Å². The molecule has 3 nitrogen and oxygen atoms in total. The predicted octanol–water partition coefficient (Wildman–Crippen LogP) is 7.19. The first-order valence-electron chi connectivity index (χ1n) is 10.6. The van der Waals surface area contributed by atoms with E-state index in [0.717, 1.165) is 34.9 Å². The second kappa shape index (κ2) is 8.93. The molecule has 0 spiro atoms. The molecule has 0 radical (unpaired) electrons. The minimum atomic E-state index is -0.0166. The number of likely N-dealkylation sites (N-methyl/N-ethyl adjacent to an activating group) is 1. The lowest BCUT2D eigenvalue weighted by atomic mass is 10.0. The molecular formula is C28H27N3. The summed E-state index contributed by atoms with van der Waals surface area (Å²) in [6.07, 6.45) is 6.92. The van der Waals surface area contributed by atoms with Crippen molar-refractivity contribution in [2.45, 2.75) is 20.3 Å². The van der Waals surface area contributed by atoms with Crippen molar-refractivity contribution in [1.82, 2.24) is 0 Å². The van der Waals surface area contributed by atoms with Gasteiger partial charge in [-0.05, 0) is 74.9 Å². The van der Waals surface area contributed by atoms with Gasteiger partial charge in [-0.2, -0.15) is 5.26 Å². The van der Waals surface area contributed by atoms with E-state index in [1.165, 1.54) is 11.1 Å². The molecule has 1 aliphatic rings. The van der Waals surface area contributed by atoms with Crippen LogP contribution in [0.3, 0.4) is 0 Å². The summed E-state index contributed by atoms with van der Waals surface area (Å²) in [5, 5.41) is 9.08. The van der Waals surface area contributed by atoms with Crippen molar-refractivity contribution in [2.75, 3.05) is 16.8 Å². The molecule has 0 aliphatic heterocycles. The van der Waals surface area contributed by atoms with Crippen LogP contribution in [0.25, 0.3) is 0 Å². The van der Waals surface area contributed by atoms with Gasteiger partial charge in [0.25, 0.3) is 0 Å². The molecule has 3 heteroatoms. The van der Waals surface area contributed by atoms with Gasteiger partial charge in [0.05, 0.1) is 12.0 Å². The zero-order valence-electron chi connectivity index (χ0n) is 18.3. The van der Waals surface area contributed by atoms with Gasteiger partial charge in [-0.3, -0.25) is 0 Å². The monoisotopic (exact) mass is 405 g/mol. The number of benzene rings is 3. The van der Waals surface area contributed by atoms with Crippen LogP contribution in [-0.2, 0) is 0 Å². The Balaban J connectivity index is 1.64. The maximum absolute atomic E-state index is 9.08. The number of nitriles is 1. The quantitative estimate of drug-likeness (QED) is 0.450. The Kier molecular flexibility index (Phi) is 5.91. The highest BCUT2D eigenvalue weighted by molar-refractivity contribution is 5.77. The predicted molar refractivity (Wildman–Crippen MR) is 130 cm³/mol. The molecule has 0 saturated carbocycles. The number of allylic oxidation sites excluding steroid dienone is 3. The van der Waals surface area contributed by atoms with Crippen molar-refractivity contribution in [3.63, 3.8) is 0 Å². The Bertz CT molecular complexity index is 1090. The zero-order chi connectivity index (χ0) is 21.8. The van der Waals surface area contributed by atoms with Crippen LogP contribution in [0.4, 0.5) is 22.7 Å². The van der Waals surface area contributed by atoms with E-state index in [1.807, 2.05) is 12.2 Å². The van der Waals surface area contributed by atoms with Crippen LogP contribution >= 0.6 is 0 Å². The van der Waals surface area contributed by atoms with Crippen molar-refractivity contribution < 1.29 is 0 Å². The van der Waals surface area contributed by atoms with E-state index >= 15 is 0 Å². The highest BCUT2D eigenvalue weighted by atomic mass is 15.1. The molecule has 0 heterocycles. The van der Waals surface area contributed by atoms with Crippen molar-refractivity contribution in [2.24, 2.45) is 5.92 Å². The van der Waals surface area contributed by atoms with Crippen molar-refractivity contribution >= 4 is 22.7 Å². The summed E-state index contributed by atoms with van der Waals surface area (Å²) in [7, 11) is 2.07. The third kappa shape index (κ3) is 4.54. The first-order valence-corrected chi connectivity index (χ1v) is 10.6. The van der Waals surface area contributed by atoms with Crippen LogP contribution in [-0.4, -0.2) is 7.05 Å². The molecule has 0 amide bonds. The highest BCUT2D eigenvalue weighted by Crippen LogP contribution is 2.36. The SMILES string of the molecule is Cc1ccc(N(c2ccc(C)cc2)c2ccc(N(C)C3=CCC(C#N)C=C3)cc2)cc1. The van der Waals surface area contributed by atoms with Gasteiger partial charge >= 0.3 is 0 Å². The summed E-state index contributed by atoms with van der Waals surface area (Å²) >= 11 is 0. The Morgan fingerprint density at radius 2 is 1.19 bits per heavy atom. The van der Waals surface area contributed by atoms with Crippen molar-refractivity contribution in [1.29, 1.82) is 5.26 Å². The second-order valence-corrected chi connectivity index (χ2v) is 8.04. The van der Waals surface area contributed by atoms with Crippen molar-refractivity contribution in [3.05, 3.63) is 108 Å². The van der Waals surface area contributed by atoms with Crippen LogP contribution in [0, 0.1) is 31.1 Å². The molecule has 1 atom stereocenters. The van der Waals surface area contributed by atoms with Crippen molar-refractivity contribution in [3.8, 4) is 6.07 Å². The van der Waals surface area contributed by atoms with Crippen LogP contribution in [0.2, 0.25) is 0 Å². The fourth-order valence-electron chi connectivity index (χ4n) is 3.76. The summed E-state index contributed by atoms with van der Waals surface area (Å²) in [6.45, 7) is 4.22. The second-order valence-electron chi connectivity index (χ2n) is 8.04. The van der Waals surface area contributed by atoms with Crippen LogP contribution in [0.1, 0.15) is 17.5 Å². The van der Waals surface area contributed by atoms with Gasteiger partial charge in [0.2, 0.25) is 0 Å². The van der Waals surface area contributed by atoms with E-state index in [2.05, 4.69) is 116 Å². The maximum atomic E-state index is 9.08. The first kappa shape index (κ1) is 20.5. The lowest BCUT2D eigenvalue weighted by Gasteiger charge is -2.27. The number of hydrogen-bond donors (Lipinski definition) is 0. The smallest absolute Gasteiger partial charge is 0.0700 e. The summed E-state index contributed by atoms with van der Waals surface area (Å²) < 4.78 is 0. The molecule has 3 aromatic rings. The zero-order valence-corrected chi connectivity index (χ0v) is 18.3. The molecule has 1 aliphatic carbocycles. The van der Waals surface area contributed by atoms with E-state index in [9.17, 15) is 0 Å². The molecule has 0 fully saturated rings. The topological polar surface area (TPSA) is 30.3 Å². The molecule has 0 aromatic heterocycles. The van der Waals surface area contributed by atoms with E-state index in [4.69, 9.17) is 5.26 Å². The van der Waals surface area contributed by atoms with Gasteiger partial charge in [-0.1, -0.05) is 47.5 Å². The largest absolute Gasteiger partial charge is 0.345 e. The summed E-state index contributed by atoms with van der Waals surface area (Å²) in [6, 6.07) is 28.2. The molecule has 154 valence electrons. The molecule has 4 rings (SSSR count).